The highest BCUT2D eigenvalue weighted by Gasteiger charge is 2.34. The zero-order valence-electron chi connectivity index (χ0n) is 17.7. The van der Waals surface area contributed by atoms with Gasteiger partial charge in [-0.05, 0) is 19.3 Å². The van der Waals surface area contributed by atoms with Gasteiger partial charge in [-0.2, -0.15) is 9.40 Å². The molecule has 0 unspecified atom stereocenters. The van der Waals surface area contributed by atoms with Gasteiger partial charge in [0.15, 0.2) is 17.1 Å². The smallest absolute Gasteiger partial charge is 0.277 e. The summed E-state index contributed by atoms with van der Waals surface area (Å²) in [6.45, 7) is 2.26. The highest BCUT2D eigenvalue weighted by molar-refractivity contribution is 7.89. The van der Waals surface area contributed by atoms with Crippen molar-refractivity contribution in [2.45, 2.75) is 37.5 Å². The molecule has 13 heteroatoms. The number of carbonyl (C=O) groups excluding carboxylic acids is 1. The van der Waals surface area contributed by atoms with Crippen molar-refractivity contribution < 1.29 is 18.3 Å². The molecule has 4 heterocycles. The molecule has 0 saturated carbocycles. The van der Waals surface area contributed by atoms with Crippen molar-refractivity contribution in [3.05, 3.63) is 21.4 Å². The van der Waals surface area contributed by atoms with Gasteiger partial charge in [-0.25, -0.2) is 13.4 Å². The first-order valence-corrected chi connectivity index (χ1v) is 12.5. The number of H-pyrrole nitrogens is 1. The largest absolute Gasteiger partial charge is 0.505 e. The minimum absolute atomic E-state index is 0.0873. The van der Waals surface area contributed by atoms with Crippen LogP contribution in [0.4, 0.5) is 0 Å². The third kappa shape index (κ3) is 3.69. The second-order valence-corrected chi connectivity index (χ2v) is 10.6. The van der Waals surface area contributed by atoms with Crippen LogP contribution in [0.3, 0.4) is 0 Å². The lowest BCUT2D eigenvalue weighted by molar-refractivity contribution is -0.122. The van der Waals surface area contributed by atoms with Gasteiger partial charge >= 0.3 is 0 Å². The number of thiophene rings is 1. The van der Waals surface area contributed by atoms with E-state index in [1.54, 1.807) is 7.05 Å². The molecule has 0 bridgehead atoms. The number of aromatic amines is 1. The summed E-state index contributed by atoms with van der Waals surface area (Å²) in [6.07, 6.45) is 2.11. The van der Waals surface area contributed by atoms with Crippen molar-refractivity contribution in [2.75, 3.05) is 13.1 Å². The molecule has 11 nitrogen and oxygen atoms in total. The highest BCUT2D eigenvalue weighted by atomic mass is 32.2. The van der Waals surface area contributed by atoms with Crippen molar-refractivity contribution in [3.8, 4) is 16.5 Å². The van der Waals surface area contributed by atoms with Crippen molar-refractivity contribution in [2.24, 2.45) is 18.7 Å². The highest BCUT2D eigenvalue weighted by Crippen LogP contribution is 2.41. The Balaban J connectivity index is 1.72. The average Bonchev–Trinajstić information content (AvgIpc) is 3.29. The van der Waals surface area contributed by atoms with Gasteiger partial charge in [-0.3, -0.25) is 14.3 Å². The van der Waals surface area contributed by atoms with Crippen LogP contribution in [0, 0.1) is 5.92 Å². The second-order valence-electron chi connectivity index (χ2n) is 7.79. The number of aromatic hydroxyl groups is 1. The van der Waals surface area contributed by atoms with Crippen molar-refractivity contribution in [3.63, 3.8) is 0 Å². The van der Waals surface area contributed by atoms with Crippen LogP contribution in [0.5, 0.6) is 5.75 Å². The third-order valence-electron chi connectivity index (χ3n) is 5.67. The zero-order valence-corrected chi connectivity index (χ0v) is 19.3. The average molecular weight is 481 g/mol. The van der Waals surface area contributed by atoms with Crippen LogP contribution in [0.25, 0.3) is 21.7 Å². The fraction of sp³-hybridized carbons (Fsp3) is 0.474. The van der Waals surface area contributed by atoms with Gasteiger partial charge in [-0.1, -0.05) is 13.3 Å². The molecule has 1 saturated heterocycles. The minimum Gasteiger partial charge on any atom is -0.505 e. The van der Waals surface area contributed by atoms with Gasteiger partial charge in [0, 0.05) is 31.4 Å². The minimum atomic E-state index is -3.99. The van der Waals surface area contributed by atoms with E-state index in [-0.39, 0.29) is 34.6 Å². The Labute approximate surface area is 187 Å². The van der Waals surface area contributed by atoms with Gasteiger partial charge in [0.2, 0.25) is 15.9 Å². The lowest BCUT2D eigenvalue weighted by atomic mass is 9.98. The van der Waals surface area contributed by atoms with Crippen LogP contribution < -0.4 is 11.3 Å². The number of fused-ring (bicyclic) bond motifs is 1. The van der Waals surface area contributed by atoms with E-state index >= 15 is 0 Å². The summed E-state index contributed by atoms with van der Waals surface area (Å²) < 4.78 is 28.9. The van der Waals surface area contributed by atoms with E-state index in [9.17, 15) is 23.1 Å². The van der Waals surface area contributed by atoms with Gasteiger partial charge in [0.05, 0.1) is 5.69 Å². The number of amides is 1. The van der Waals surface area contributed by atoms with Crippen LogP contribution in [0.15, 0.2) is 15.1 Å². The van der Waals surface area contributed by atoms with E-state index in [1.165, 1.54) is 14.4 Å². The number of aromatic nitrogens is 4. The molecular weight excluding hydrogens is 456 g/mol. The summed E-state index contributed by atoms with van der Waals surface area (Å²) in [5.41, 5.74) is 6.31. The Bertz CT molecular complexity index is 1350. The monoisotopic (exact) mass is 480 g/mol. The summed E-state index contributed by atoms with van der Waals surface area (Å²) in [5.74, 6) is -1.17. The van der Waals surface area contributed by atoms with Gasteiger partial charge in [0.25, 0.3) is 5.56 Å². The predicted molar refractivity (Wildman–Crippen MR) is 119 cm³/mol. The van der Waals surface area contributed by atoms with Gasteiger partial charge in [-0.15, -0.1) is 11.3 Å². The number of hydrogen-bond donors (Lipinski definition) is 3. The number of carbonyl (C=O) groups is 1. The molecule has 4 rings (SSSR count). The number of primary amides is 1. The van der Waals surface area contributed by atoms with Gasteiger partial charge < -0.3 is 15.8 Å². The van der Waals surface area contributed by atoms with Crippen LogP contribution in [-0.4, -0.2) is 56.6 Å². The molecule has 3 aromatic rings. The molecule has 0 atom stereocenters. The van der Waals surface area contributed by atoms with E-state index in [2.05, 4.69) is 15.1 Å². The van der Waals surface area contributed by atoms with E-state index in [1.807, 2.05) is 6.92 Å². The zero-order chi connectivity index (χ0) is 23.2. The number of hydrogen-bond acceptors (Lipinski definition) is 8. The maximum Gasteiger partial charge on any atom is 0.277 e. The van der Waals surface area contributed by atoms with Crippen molar-refractivity contribution in [1.82, 2.24) is 24.1 Å². The number of piperidine rings is 1. The second kappa shape index (κ2) is 8.30. The maximum atomic E-state index is 13.1. The van der Waals surface area contributed by atoms with Crippen LogP contribution in [0.2, 0.25) is 0 Å². The summed E-state index contributed by atoms with van der Waals surface area (Å²) in [5, 5.41) is 16.5. The maximum absolute atomic E-state index is 13.1. The fourth-order valence-corrected chi connectivity index (χ4v) is 6.74. The summed E-state index contributed by atoms with van der Waals surface area (Å²) >= 11 is 0.979. The molecule has 1 fully saturated rings. The lowest BCUT2D eigenvalue weighted by Crippen LogP contribution is -2.41. The number of nitrogens with one attached hydrogen (secondary N) is 1. The standard InChI is InChI=1S/C19H24N6O5S2/c1-3-4-11-13-14(24(2)23-11)19(28)22-18(21-13)16-15(26)12(9-31-16)32(29,30)25-7-5-10(6-8-25)17(20)27/h9-10,26H,3-8H2,1-2H3,(H2,20,27)(H,21,22,28). The molecular formula is C19H24N6O5S2. The molecule has 32 heavy (non-hydrogen) atoms. The summed E-state index contributed by atoms with van der Waals surface area (Å²) in [7, 11) is -2.33. The molecule has 3 aromatic heterocycles. The van der Waals surface area contributed by atoms with E-state index < -0.39 is 27.2 Å². The first-order chi connectivity index (χ1) is 15.1. The molecule has 0 spiro atoms. The molecule has 1 aliphatic rings. The number of nitrogens with zero attached hydrogens (tertiary/aromatic N) is 4. The Morgan fingerprint density at radius 3 is 2.69 bits per heavy atom. The first-order valence-electron chi connectivity index (χ1n) is 10.2. The number of aryl methyl sites for hydroxylation is 2. The molecule has 172 valence electrons. The van der Waals surface area contributed by atoms with Crippen molar-refractivity contribution in [1.29, 1.82) is 0 Å². The van der Waals surface area contributed by atoms with Crippen molar-refractivity contribution >= 4 is 38.3 Å². The lowest BCUT2D eigenvalue weighted by Gasteiger charge is -2.29. The Morgan fingerprint density at radius 2 is 2.06 bits per heavy atom. The van der Waals surface area contributed by atoms with E-state index in [0.29, 0.717) is 36.0 Å². The molecule has 0 aliphatic carbocycles. The van der Waals surface area contributed by atoms with Crippen LogP contribution in [-0.2, 0) is 28.3 Å². The van der Waals surface area contributed by atoms with E-state index in [4.69, 9.17) is 5.73 Å². The van der Waals surface area contributed by atoms with Crippen LogP contribution in [0.1, 0.15) is 31.9 Å². The Hall–Kier alpha value is -2.77. The molecule has 0 radical (unpaired) electrons. The first kappa shape index (κ1) is 22.4. The predicted octanol–water partition coefficient (Wildman–Crippen LogP) is 0.929. The van der Waals surface area contributed by atoms with E-state index in [0.717, 1.165) is 17.8 Å². The molecule has 4 N–H and O–H groups in total. The summed E-state index contributed by atoms with van der Waals surface area (Å²) in [6, 6.07) is 0. The quantitative estimate of drug-likeness (QED) is 0.472. The topological polar surface area (TPSA) is 164 Å². The fourth-order valence-electron chi connectivity index (χ4n) is 3.97. The molecule has 0 aromatic carbocycles. The molecule has 1 amide bonds. The normalized spacial score (nSPS) is 16.1. The number of rotatable bonds is 6. The Kier molecular flexibility index (Phi) is 5.81. The SMILES string of the molecule is CCCc1nn(C)c2c(=O)[nH]c(-c3scc(S(=O)(=O)N4CCC(C(N)=O)CC4)c3O)nc12. The third-order valence-corrected chi connectivity index (χ3v) is 8.71. The van der Waals surface area contributed by atoms with Gasteiger partial charge in [0.1, 0.15) is 15.3 Å². The number of sulfonamides is 1. The summed E-state index contributed by atoms with van der Waals surface area (Å²) in [4.78, 5) is 31.0. The van der Waals surface area contributed by atoms with Crippen LogP contribution >= 0.6 is 11.3 Å². The Morgan fingerprint density at radius 1 is 1.38 bits per heavy atom. The molecule has 1 aliphatic heterocycles. The number of nitrogens with two attached hydrogens (primary N) is 1.